The standard InChI is InChI=1S/C72H94N10O10/c1-39(2)61(73)69(85)91-37-79-57-33-47(27-29-53(57)75-65(79)59-35-49-15-11-13-17-55(49)81(59)67(83)63(41(5)6)77-71(87)89-9)51-31-43-19-23-45(51)25-21-44-20-24-46(26-22-43)52(32-44)48-28-30-54-58(34-48)80(38-92-70(86)62(74)40(3)4)66(76-54)60-36-50-16-12-14-18-56(50)82(60)68(84)64(42(7)8)78-72(88)90-10/h19-20,23-24,27-34,39-42,49-50,55-56,59-64H,11-18,21-22,25-26,35-38,73-74H2,1-10H3,(H,77,87)(H,78,88)/t49-,50-,55-,56-,59?,60?,61-,62-,63-,64-/m0/s1. The van der Waals surface area contributed by atoms with E-state index >= 15 is 9.59 Å². The van der Waals surface area contributed by atoms with Gasteiger partial charge in [-0.15, -0.1) is 0 Å². The smallest absolute Gasteiger partial charge is 0.407 e. The maximum absolute atomic E-state index is 15.0. The molecule has 0 radical (unpaired) electrons. The molecule has 6 aromatic rings. The number of carbonyl (C=O) groups excluding carboxylic acids is 6. The van der Waals surface area contributed by atoms with Gasteiger partial charge in [-0.3, -0.25) is 28.3 Å². The molecule has 6 aliphatic carbocycles. The lowest BCUT2D eigenvalue weighted by Gasteiger charge is -2.37. The van der Waals surface area contributed by atoms with Crippen LogP contribution in [0.5, 0.6) is 0 Å². The SMILES string of the molecule is COC(=O)N[C@H](C(=O)N1C(c2nc3ccc(-c4cc5ccc4CCc4ccc(c(-c6ccc7nc(C8C[C@@H]9CCCC[C@@H]9N8C(=O)[C@@H](NC(=O)OC)C(C)C)n(COC(=O)[C@@H](N)C(C)C)c7c6)c4)CC5)cc3n2COC(=O)[C@@H](N)C(C)C)C[C@@H]2CCCC[C@@H]21)C(C)C. The van der Waals surface area contributed by atoms with Crippen LogP contribution < -0.4 is 22.1 Å². The summed E-state index contributed by atoms with van der Waals surface area (Å²) >= 11 is 0. The van der Waals surface area contributed by atoms with Gasteiger partial charge >= 0.3 is 24.1 Å². The van der Waals surface area contributed by atoms with E-state index in [0.717, 1.165) is 121 Å². The van der Waals surface area contributed by atoms with Gasteiger partial charge in [0.15, 0.2) is 13.5 Å². The lowest BCUT2D eigenvalue weighted by atomic mass is 9.84. The summed E-state index contributed by atoms with van der Waals surface area (Å²) in [5.74, 6) is -0.467. The highest BCUT2D eigenvalue weighted by Crippen LogP contribution is 2.49. The monoisotopic (exact) mass is 1260 g/mol. The molecular weight excluding hydrogens is 1160 g/mol. The number of ether oxygens (including phenoxy) is 4. The molecule has 2 aromatic heterocycles. The normalized spacial score (nSPS) is 21.8. The largest absolute Gasteiger partial charge is 0.453 e. The van der Waals surface area contributed by atoms with Crippen LogP contribution in [0.25, 0.3) is 44.3 Å². The summed E-state index contributed by atoms with van der Waals surface area (Å²) in [6.07, 6.45) is 10.7. The van der Waals surface area contributed by atoms with Crippen molar-refractivity contribution in [2.24, 2.45) is 47.0 Å². The molecule has 0 spiro atoms. The van der Waals surface area contributed by atoms with E-state index in [1.165, 1.54) is 25.3 Å². The second-order valence-corrected chi connectivity index (χ2v) is 27.8. The Morgan fingerprint density at radius 1 is 0.511 bits per heavy atom. The van der Waals surface area contributed by atoms with Crippen LogP contribution in [0.2, 0.25) is 0 Å². The first-order valence-corrected chi connectivity index (χ1v) is 33.6. The first-order valence-electron chi connectivity index (χ1n) is 33.6. The van der Waals surface area contributed by atoms with Crippen molar-refractivity contribution < 1.29 is 47.7 Å². The van der Waals surface area contributed by atoms with Crippen LogP contribution in [0.1, 0.15) is 166 Å². The number of aryl methyl sites for hydroxylation is 4. The Balaban J connectivity index is 0.940. The third kappa shape index (κ3) is 13.2. The molecule has 4 heterocycles. The Morgan fingerprint density at radius 2 is 0.902 bits per heavy atom. The third-order valence-electron chi connectivity index (χ3n) is 20.6. The zero-order valence-electron chi connectivity index (χ0n) is 55.2. The van der Waals surface area contributed by atoms with Gasteiger partial charge in [0, 0.05) is 12.1 Å². The van der Waals surface area contributed by atoms with Crippen molar-refractivity contribution in [2.45, 2.75) is 207 Å². The average molecular weight is 1260 g/mol. The molecule has 10 atom stereocenters. The molecule has 2 unspecified atom stereocenters. The number of hydrogen-bond acceptors (Lipinski definition) is 14. The van der Waals surface area contributed by atoms with Crippen molar-refractivity contribution in [2.75, 3.05) is 14.2 Å². The van der Waals surface area contributed by atoms with Crippen molar-refractivity contribution in [1.82, 2.24) is 39.5 Å². The average Bonchev–Trinajstić information content (AvgIpc) is 1.59. The number of likely N-dealkylation sites (tertiary alicyclic amines) is 2. The van der Waals surface area contributed by atoms with Crippen molar-refractivity contribution in [3.05, 3.63) is 107 Å². The van der Waals surface area contributed by atoms with E-state index in [-0.39, 0.29) is 72.9 Å². The van der Waals surface area contributed by atoms with E-state index in [4.69, 9.17) is 40.4 Å². The number of amides is 4. The fourth-order valence-corrected chi connectivity index (χ4v) is 15.2. The van der Waals surface area contributed by atoms with E-state index in [1.807, 2.05) is 86.5 Å². The van der Waals surface area contributed by atoms with Crippen LogP contribution in [-0.4, -0.2) is 115 Å². The molecule has 92 heavy (non-hydrogen) atoms. The van der Waals surface area contributed by atoms with Crippen LogP contribution >= 0.6 is 0 Å². The number of nitrogens with two attached hydrogens (primary N) is 2. The minimum absolute atomic E-state index is 0.0487. The highest BCUT2D eigenvalue weighted by molar-refractivity contribution is 5.90. The van der Waals surface area contributed by atoms with Gasteiger partial charge in [0.05, 0.1) is 48.4 Å². The Morgan fingerprint density at radius 3 is 1.27 bits per heavy atom. The second-order valence-electron chi connectivity index (χ2n) is 27.8. The summed E-state index contributed by atoms with van der Waals surface area (Å²) in [6.45, 7) is 14.9. The first-order chi connectivity index (χ1) is 44.1. The number of methoxy groups -OCH3 is 2. The summed E-state index contributed by atoms with van der Waals surface area (Å²) in [4.78, 5) is 97.3. The lowest BCUT2D eigenvalue weighted by Crippen LogP contribution is -2.54. The van der Waals surface area contributed by atoms with Gasteiger partial charge in [-0.05, 0) is 168 Å². The first kappa shape index (κ1) is 65.6. The number of carbonyl (C=O) groups is 6. The predicted octanol–water partition coefficient (Wildman–Crippen LogP) is 11.0. The minimum atomic E-state index is -0.836. The van der Waals surface area contributed by atoms with Crippen LogP contribution in [0.4, 0.5) is 9.59 Å². The second kappa shape index (κ2) is 27.8. The molecule has 4 fully saturated rings. The number of imidazole rings is 2. The molecule has 2 aliphatic heterocycles. The molecule has 492 valence electrons. The van der Waals surface area contributed by atoms with Gasteiger partial charge in [-0.1, -0.05) is 130 Å². The van der Waals surface area contributed by atoms with Crippen LogP contribution in [0.15, 0.2) is 72.8 Å². The summed E-state index contributed by atoms with van der Waals surface area (Å²) in [6, 6.07) is 21.8. The third-order valence-corrected chi connectivity index (χ3v) is 20.6. The minimum Gasteiger partial charge on any atom is -0.453 e. The number of rotatable bonds is 18. The molecule has 2 saturated carbocycles. The quantitative estimate of drug-likeness (QED) is 0.0461. The number of aromatic nitrogens is 4. The maximum atomic E-state index is 15.0. The Kier molecular flexibility index (Phi) is 19.8. The summed E-state index contributed by atoms with van der Waals surface area (Å²) < 4.78 is 26.1. The molecule has 20 nitrogen and oxygen atoms in total. The van der Waals surface area contributed by atoms with E-state index in [0.29, 0.717) is 35.5 Å². The van der Waals surface area contributed by atoms with Crippen molar-refractivity contribution >= 4 is 58.0 Å². The molecule has 14 rings (SSSR count). The van der Waals surface area contributed by atoms with E-state index < -0.39 is 60.4 Å². The Hall–Kier alpha value is -7.84. The topological polar surface area (TPSA) is 258 Å². The molecule has 20 heteroatoms. The molecular formula is C72H94N10O10. The maximum Gasteiger partial charge on any atom is 0.407 e. The van der Waals surface area contributed by atoms with Crippen molar-refractivity contribution in [3.63, 3.8) is 0 Å². The number of fused-ring (bicyclic) bond motifs is 4. The molecule has 2 saturated heterocycles. The van der Waals surface area contributed by atoms with Gasteiger partial charge in [0.1, 0.15) is 35.8 Å². The van der Waals surface area contributed by atoms with Gasteiger partial charge in [-0.2, -0.15) is 0 Å². The number of esters is 2. The van der Waals surface area contributed by atoms with Crippen molar-refractivity contribution in [1.29, 1.82) is 0 Å². The van der Waals surface area contributed by atoms with Gasteiger partial charge in [0.2, 0.25) is 11.8 Å². The lowest BCUT2D eigenvalue weighted by molar-refractivity contribution is -0.151. The highest BCUT2D eigenvalue weighted by Gasteiger charge is 2.51. The molecule has 4 bridgehead atoms. The number of nitrogens with zero attached hydrogens (tertiary/aromatic N) is 6. The fraction of sp³-hybridized carbons (Fsp3) is 0.556. The van der Waals surface area contributed by atoms with E-state index in [9.17, 15) is 19.2 Å². The fourth-order valence-electron chi connectivity index (χ4n) is 15.2. The molecule has 4 amide bonds. The van der Waals surface area contributed by atoms with Crippen molar-refractivity contribution in [3.8, 4) is 22.3 Å². The number of nitrogens with one attached hydrogen (secondary N) is 2. The predicted molar refractivity (Wildman–Crippen MR) is 351 cm³/mol. The molecule has 8 aliphatic rings. The summed E-state index contributed by atoms with van der Waals surface area (Å²) in [7, 11) is 2.60. The number of alkyl carbamates (subject to hydrolysis) is 2. The van der Waals surface area contributed by atoms with Crippen LogP contribution in [-0.2, 0) is 77.3 Å². The van der Waals surface area contributed by atoms with Crippen LogP contribution in [0.3, 0.4) is 0 Å². The zero-order chi connectivity index (χ0) is 65.4. The number of hydrogen-bond donors (Lipinski definition) is 4. The Bertz CT molecular complexity index is 3500. The van der Waals surface area contributed by atoms with Gasteiger partial charge in [0.25, 0.3) is 0 Å². The molecule has 6 N–H and O–H groups in total. The van der Waals surface area contributed by atoms with Gasteiger partial charge in [-0.25, -0.2) is 19.6 Å². The summed E-state index contributed by atoms with van der Waals surface area (Å²) in [5.41, 5.74) is 24.5. The van der Waals surface area contributed by atoms with E-state index in [1.54, 1.807) is 0 Å². The van der Waals surface area contributed by atoms with E-state index in [2.05, 4.69) is 71.3 Å². The molecule has 4 aromatic carbocycles. The summed E-state index contributed by atoms with van der Waals surface area (Å²) in [5, 5.41) is 5.67. The number of benzene rings is 4. The highest BCUT2D eigenvalue weighted by atomic mass is 16.6. The van der Waals surface area contributed by atoms with Gasteiger partial charge < -0.3 is 50.8 Å². The van der Waals surface area contributed by atoms with Crippen LogP contribution in [0, 0.1) is 35.5 Å². The Labute approximate surface area is 540 Å². The zero-order valence-corrected chi connectivity index (χ0v) is 55.2.